The lowest BCUT2D eigenvalue weighted by molar-refractivity contribution is -0.145. The quantitative estimate of drug-likeness (QED) is 0.502. The maximum Gasteiger partial charge on any atom is 0.321 e. The number of hydrogen-bond acceptors (Lipinski definition) is 4. The standard InChI is InChI=1S/C28H31Cl2N3O3/c1-27(2,3)14-21-28(15-31,18-9-11-19(29)12-10-18)22(17-5-4-6-20(30)13-17)24(26(35)36)33(21)23(25(32)34)16-7-8-16/h4-6,9-13,16,21-24H,7-8,14H2,1-3H3,(H2,32,34)(H,35,36)/t21-,22-,23?,24+,28-/m0/s1. The van der Waals surface area contributed by atoms with Gasteiger partial charge in [-0.3, -0.25) is 14.5 Å². The van der Waals surface area contributed by atoms with E-state index >= 15 is 0 Å². The van der Waals surface area contributed by atoms with Gasteiger partial charge in [0, 0.05) is 22.0 Å². The van der Waals surface area contributed by atoms with Crippen LogP contribution in [0.4, 0.5) is 0 Å². The van der Waals surface area contributed by atoms with Crippen LogP contribution in [0.2, 0.25) is 10.0 Å². The molecule has 6 nitrogen and oxygen atoms in total. The Morgan fingerprint density at radius 1 is 1.17 bits per heavy atom. The predicted octanol–water partition coefficient (Wildman–Crippen LogP) is 5.38. The zero-order valence-electron chi connectivity index (χ0n) is 20.6. The van der Waals surface area contributed by atoms with Crippen molar-refractivity contribution in [3.05, 3.63) is 69.7 Å². The van der Waals surface area contributed by atoms with Crippen LogP contribution in [0, 0.1) is 22.7 Å². The van der Waals surface area contributed by atoms with Gasteiger partial charge in [-0.05, 0) is 66.0 Å². The molecule has 0 aromatic heterocycles. The Hall–Kier alpha value is -2.59. The van der Waals surface area contributed by atoms with Crippen molar-refractivity contribution >= 4 is 35.1 Å². The molecule has 1 aliphatic carbocycles. The predicted molar refractivity (Wildman–Crippen MR) is 140 cm³/mol. The van der Waals surface area contributed by atoms with E-state index in [0.29, 0.717) is 27.6 Å². The van der Waals surface area contributed by atoms with Gasteiger partial charge in [0.25, 0.3) is 0 Å². The van der Waals surface area contributed by atoms with E-state index in [9.17, 15) is 20.0 Å². The number of likely N-dealkylation sites (tertiary alicyclic amines) is 1. The second kappa shape index (κ2) is 9.70. The molecule has 1 saturated carbocycles. The van der Waals surface area contributed by atoms with Gasteiger partial charge in [0.1, 0.15) is 11.5 Å². The van der Waals surface area contributed by atoms with E-state index in [4.69, 9.17) is 28.9 Å². The molecule has 0 bridgehead atoms. The summed E-state index contributed by atoms with van der Waals surface area (Å²) in [5.41, 5.74) is 5.64. The Morgan fingerprint density at radius 3 is 2.28 bits per heavy atom. The van der Waals surface area contributed by atoms with Crippen LogP contribution in [0.25, 0.3) is 0 Å². The number of nitriles is 1. The lowest BCUT2D eigenvalue weighted by Gasteiger charge is -2.41. The van der Waals surface area contributed by atoms with Crippen LogP contribution in [0.15, 0.2) is 48.5 Å². The SMILES string of the molecule is CC(C)(C)C[C@@H]1N(C(C(N)=O)C2CC2)[C@@H](C(=O)O)[C@H](c2cccc(Cl)c2)[C@@]1(C#N)c1ccc(Cl)cc1. The summed E-state index contributed by atoms with van der Waals surface area (Å²) in [6.45, 7) is 6.15. The summed E-state index contributed by atoms with van der Waals surface area (Å²) in [4.78, 5) is 27.7. The minimum absolute atomic E-state index is 0.0356. The van der Waals surface area contributed by atoms with Crippen LogP contribution in [0.3, 0.4) is 0 Å². The second-order valence-corrected chi connectivity index (χ2v) is 12.1. The zero-order chi connectivity index (χ0) is 26.4. The third kappa shape index (κ3) is 4.72. The first kappa shape index (κ1) is 26.5. The molecule has 1 unspecified atom stereocenters. The smallest absolute Gasteiger partial charge is 0.321 e. The normalized spacial score (nSPS) is 27.4. The molecule has 2 aliphatic rings. The Bertz CT molecular complexity index is 1200. The fourth-order valence-corrected chi connectivity index (χ4v) is 6.35. The molecule has 2 aromatic carbocycles. The number of carbonyl (C=O) groups is 2. The number of benzene rings is 2. The van der Waals surface area contributed by atoms with Crippen LogP contribution >= 0.6 is 23.2 Å². The summed E-state index contributed by atoms with van der Waals surface area (Å²) in [6.07, 6.45) is 2.06. The highest BCUT2D eigenvalue weighted by Crippen LogP contribution is 2.57. The van der Waals surface area contributed by atoms with Crippen molar-refractivity contribution in [2.45, 2.75) is 69.5 Å². The fourth-order valence-electron chi connectivity index (χ4n) is 6.03. The number of amides is 1. The van der Waals surface area contributed by atoms with E-state index in [-0.39, 0.29) is 11.3 Å². The topological polar surface area (TPSA) is 107 Å². The summed E-state index contributed by atoms with van der Waals surface area (Å²) in [5.74, 6) is -2.51. The highest BCUT2D eigenvalue weighted by Gasteiger charge is 2.66. The average Bonchev–Trinajstić information content (AvgIpc) is 3.57. The number of halogens is 2. The van der Waals surface area contributed by atoms with E-state index in [1.54, 1.807) is 47.4 Å². The van der Waals surface area contributed by atoms with Gasteiger partial charge in [0.2, 0.25) is 5.91 Å². The van der Waals surface area contributed by atoms with Gasteiger partial charge in [0.05, 0.1) is 12.1 Å². The Morgan fingerprint density at radius 2 is 1.81 bits per heavy atom. The number of hydrogen-bond donors (Lipinski definition) is 2. The van der Waals surface area contributed by atoms with E-state index < -0.39 is 41.3 Å². The van der Waals surface area contributed by atoms with Crippen molar-refractivity contribution in [2.75, 3.05) is 0 Å². The number of nitrogens with two attached hydrogens (primary N) is 1. The molecule has 4 rings (SSSR count). The van der Waals surface area contributed by atoms with Crippen molar-refractivity contribution in [3.8, 4) is 6.07 Å². The molecule has 1 amide bonds. The molecule has 1 saturated heterocycles. The molecule has 3 N–H and O–H groups in total. The van der Waals surface area contributed by atoms with E-state index in [1.807, 2.05) is 26.8 Å². The number of aliphatic carboxylic acids is 1. The minimum atomic E-state index is -1.31. The number of carbonyl (C=O) groups excluding carboxylic acids is 1. The van der Waals surface area contributed by atoms with Crippen LogP contribution in [-0.4, -0.2) is 40.0 Å². The molecule has 8 heteroatoms. The summed E-state index contributed by atoms with van der Waals surface area (Å²) in [6, 6.07) is 14.0. The van der Waals surface area contributed by atoms with Crippen LogP contribution in [0.1, 0.15) is 57.1 Å². The largest absolute Gasteiger partial charge is 0.480 e. The molecule has 2 aromatic rings. The van der Waals surface area contributed by atoms with Crippen LogP contribution in [0.5, 0.6) is 0 Å². The maximum atomic E-state index is 13.1. The molecule has 2 fully saturated rings. The monoisotopic (exact) mass is 527 g/mol. The average molecular weight is 528 g/mol. The Labute approximate surface area is 222 Å². The molecule has 5 atom stereocenters. The maximum absolute atomic E-state index is 13.1. The van der Waals surface area contributed by atoms with Gasteiger partial charge < -0.3 is 10.8 Å². The third-order valence-electron chi connectivity index (χ3n) is 7.47. The lowest BCUT2D eigenvalue weighted by Crippen LogP contribution is -2.56. The summed E-state index contributed by atoms with van der Waals surface area (Å²) in [7, 11) is 0. The number of rotatable bonds is 7. The van der Waals surface area contributed by atoms with Crippen LogP contribution in [-0.2, 0) is 15.0 Å². The number of primary amides is 1. The number of nitrogens with zero attached hydrogens (tertiary/aromatic N) is 2. The Balaban J connectivity index is 2.08. The van der Waals surface area contributed by atoms with Crippen molar-refractivity contribution in [1.82, 2.24) is 4.90 Å². The zero-order valence-corrected chi connectivity index (χ0v) is 22.1. The first-order valence-corrected chi connectivity index (χ1v) is 12.9. The van der Waals surface area contributed by atoms with E-state index in [1.165, 1.54) is 0 Å². The van der Waals surface area contributed by atoms with Gasteiger partial charge in [-0.25, -0.2) is 0 Å². The summed E-state index contributed by atoms with van der Waals surface area (Å²) in [5, 5.41) is 22.7. The van der Waals surface area contributed by atoms with Crippen molar-refractivity contribution in [1.29, 1.82) is 5.26 Å². The first-order valence-electron chi connectivity index (χ1n) is 12.1. The Kier molecular flexibility index (Phi) is 7.13. The molecular weight excluding hydrogens is 497 g/mol. The molecule has 1 aliphatic heterocycles. The fraction of sp³-hybridized carbons (Fsp3) is 0.464. The molecule has 190 valence electrons. The highest BCUT2D eigenvalue weighted by molar-refractivity contribution is 6.30. The van der Waals surface area contributed by atoms with E-state index in [2.05, 4.69) is 6.07 Å². The van der Waals surface area contributed by atoms with Crippen molar-refractivity contribution < 1.29 is 14.7 Å². The van der Waals surface area contributed by atoms with Gasteiger partial charge in [-0.1, -0.05) is 68.2 Å². The molecule has 0 radical (unpaired) electrons. The highest BCUT2D eigenvalue weighted by atomic mass is 35.5. The van der Waals surface area contributed by atoms with Gasteiger partial charge in [0.15, 0.2) is 0 Å². The van der Waals surface area contributed by atoms with E-state index in [0.717, 1.165) is 12.8 Å². The second-order valence-electron chi connectivity index (χ2n) is 11.2. The van der Waals surface area contributed by atoms with Crippen LogP contribution < -0.4 is 5.73 Å². The number of carboxylic acids is 1. The molecule has 36 heavy (non-hydrogen) atoms. The van der Waals surface area contributed by atoms with Gasteiger partial charge in [-0.15, -0.1) is 0 Å². The minimum Gasteiger partial charge on any atom is -0.480 e. The van der Waals surface area contributed by atoms with Crippen molar-refractivity contribution in [2.24, 2.45) is 17.1 Å². The van der Waals surface area contributed by atoms with Gasteiger partial charge in [-0.2, -0.15) is 5.26 Å². The third-order valence-corrected chi connectivity index (χ3v) is 7.95. The first-order chi connectivity index (χ1) is 16.9. The molecule has 0 spiro atoms. The number of carboxylic acid groups (broad SMARTS) is 1. The molecular formula is C28H31Cl2N3O3. The van der Waals surface area contributed by atoms with Crippen molar-refractivity contribution in [3.63, 3.8) is 0 Å². The summed E-state index contributed by atoms with van der Waals surface area (Å²) < 4.78 is 0. The van der Waals surface area contributed by atoms with Gasteiger partial charge >= 0.3 is 5.97 Å². The molecule has 1 heterocycles. The lowest BCUT2D eigenvalue weighted by atomic mass is 9.63. The summed E-state index contributed by atoms with van der Waals surface area (Å²) >= 11 is 12.6.